The van der Waals surface area contributed by atoms with Gasteiger partial charge in [-0.25, -0.2) is 9.97 Å². The van der Waals surface area contributed by atoms with Gasteiger partial charge in [0.25, 0.3) is 5.56 Å². The quantitative estimate of drug-likeness (QED) is 0.781. The molecule has 0 aromatic carbocycles. The summed E-state index contributed by atoms with van der Waals surface area (Å²) >= 11 is 0. The van der Waals surface area contributed by atoms with Crippen molar-refractivity contribution in [2.75, 3.05) is 0 Å². The molecule has 1 saturated carbocycles. The second-order valence-corrected chi connectivity index (χ2v) is 7.12. The normalized spacial score (nSPS) is 15.6. The highest BCUT2D eigenvalue weighted by atomic mass is 16.3. The molecular formula is C19H22N4O3. The summed E-state index contributed by atoms with van der Waals surface area (Å²) in [5, 5.41) is 3.77. The Labute approximate surface area is 150 Å². The molecule has 3 aromatic heterocycles. The van der Waals surface area contributed by atoms with Crippen LogP contribution < -0.4 is 10.9 Å². The highest BCUT2D eigenvalue weighted by Gasteiger charge is 2.19. The second kappa shape index (κ2) is 6.55. The minimum atomic E-state index is -0.358. The number of fused-ring (bicyclic) bond motifs is 3. The molecule has 1 aliphatic carbocycles. The number of nitrogens with one attached hydrogen (secondary N) is 1. The lowest BCUT2D eigenvalue weighted by molar-refractivity contribution is -0.122. The van der Waals surface area contributed by atoms with Gasteiger partial charge in [0.1, 0.15) is 12.1 Å². The largest absolute Gasteiger partial charge is 0.430 e. The summed E-state index contributed by atoms with van der Waals surface area (Å²) < 4.78 is 6.98. The Morgan fingerprint density at radius 1 is 1.31 bits per heavy atom. The third kappa shape index (κ3) is 2.98. The van der Waals surface area contributed by atoms with E-state index in [1.54, 1.807) is 0 Å². The summed E-state index contributed by atoms with van der Waals surface area (Å²) in [6.07, 6.45) is 6.94. The SMILES string of the molecule is Cc1cc(C)c2c(n1)oc1c(=O)n(CC(=O)NC3CCCCC3)cnc12. The number of amides is 1. The third-order valence-electron chi connectivity index (χ3n) is 5.03. The Morgan fingerprint density at radius 2 is 2.08 bits per heavy atom. The van der Waals surface area contributed by atoms with Crippen LogP contribution in [-0.4, -0.2) is 26.5 Å². The molecule has 7 heteroatoms. The summed E-state index contributed by atoms with van der Waals surface area (Å²) in [7, 11) is 0. The van der Waals surface area contributed by atoms with Gasteiger partial charge in [0, 0.05) is 11.7 Å². The van der Waals surface area contributed by atoms with E-state index >= 15 is 0 Å². The summed E-state index contributed by atoms with van der Waals surface area (Å²) in [5.74, 6) is -0.165. The van der Waals surface area contributed by atoms with Crippen LogP contribution in [0.1, 0.15) is 43.4 Å². The van der Waals surface area contributed by atoms with Crippen LogP contribution in [0.15, 0.2) is 21.6 Å². The van der Waals surface area contributed by atoms with Crippen molar-refractivity contribution in [1.82, 2.24) is 19.9 Å². The molecule has 0 aliphatic heterocycles. The maximum Gasteiger partial charge on any atom is 0.297 e. The molecule has 3 heterocycles. The van der Waals surface area contributed by atoms with E-state index in [1.807, 2.05) is 19.9 Å². The Bertz CT molecular complexity index is 1040. The van der Waals surface area contributed by atoms with Crippen LogP contribution in [0.4, 0.5) is 0 Å². The van der Waals surface area contributed by atoms with E-state index < -0.39 is 0 Å². The first kappa shape index (κ1) is 16.8. The molecule has 0 radical (unpaired) electrons. The minimum absolute atomic E-state index is 0.0548. The molecule has 1 aliphatic rings. The van der Waals surface area contributed by atoms with Crippen molar-refractivity contribution in [2.45, 2.75) is 58.5 Å². The molecule has 7 nitrogen and oxygen atoms in total. The van der Waals surface area contributed by atoms with E-state index in [4.69, 9.17) is 4.42 Å². The number of aryl methyl sites for hydroxylation is 2. The molecule has 0 bridgehead atoms. The van der Waals surface area contributed by atoms with Gasteiger partial charge >= 0.3 is 0 Å². The van der Waals surface area contributed by atoms with Crippen LogP contribution in [0.25, 0.3) is 22.2 Å². The number of furan rings is 1. The molecular weight excluding hydrogens is 332 g/mol. The van der Waals surface area contributed by atoms with Gasteiger partial charge in [0.2, 0.25) is 17.2 Å². The lowest BCUT2D eigenvalue weighted by Gasteiger charge is -2.22. The molecule has 0 saturated heterocycles. The van der Waals surface area contributed by atoms with Crippen molar-refractivity contribution in [3.8, 4) is 0 Å². The molecule has 0 atom stereocenters. The lowest BCUT2D eigenvalue weighted by atomic mass is 9.95. The van der Waals surface area contributed by atoms with Crippen molar-refractivity contribution >= 4 is 28.1 Å². The third-order valence-corrected chi connectivity index (χ3v) is 5.03. The number of carbonyl (C=O) groups excluding carboxylic acids is 1. The van der Waals surface area contributed by atoms with E-state index in [-0.39, 0.29) is 29.6 Å². The first-order valence-corrected chi connectivity index (χ1v) is 9.08. The van der Waals surface area contributed by atoms with Crippen molar-refractivity contribution in [2.24, 2.45) is 0 Å². The first-order valence-electron chi connectivity index (χ1n) is 9.08. The molecule has 26 heavy (non-hydrogen) atoms. The Hall–Kier alpha value is -2.70. The minimum Gasteiger partial charge on any atom is -0.430 e. The van der Waals surface area contributed by atoms with E-state index in [0.717, 1.165) is 42.3 Å². The Kier molecular flexibility index (Phi) is 4.22. The number of hydrogen-bond donors (Lipinski definition) is 1. The van der Waals surface area contributed by atoms with Gasteiger partial charge in [-0.1, -0.05) is 19.3 Å². The van der Waals surface area contributed by atoms with Gasteiger partial charge in [-0.05, 0) is 38.3 Å². The summed E-state index contributed by atoms with van der Waals surface area (Å²) in [5.41, 5.74) is 2.48. The van der Waals surface area contributed by atoms with Crippen molar-refractivity contribution in [3.63, 3.8) is 0 Å². The van der Waals surface area contributed by atoms with Crippen LogP contribution in [0.2, 0.25) is 0 Å². The van der Waals surface area contributed by atoms with Gasteiger partial charge in [0.05, 0.1) is 11.7 Å². The molecule has 1 N–H and O–H groups in total. The zero-order valence-electron chi connectivity index (χ0n) is 15.0. The van der Waals surface area contributed by atoms with Crippen molar-refractivity contribution < 1.29 is 9.21 Å². The molecule has 1 amide bonds. The van der Waals surface area contributed by atoms with Crippen molar-refractivity contribution in [3.05, 3.63) is 34.0 Å². The van der Waals surface area contributed by atoms with Crippen molar-refractivity contribution in [1.29, 1.82) is 0 Å². The number of nitrogens with zero attached hydrogens (tertiary/aromatic N) is 3. The maximum atomic E-state index is 12.7. The highest BCUT2D eigenvalue weighted by Crippen LogP contribution is 2.26. The Morgan fingerprint density at radius 3 is 2.85 bits per heavy atom. The highest BCUT2D eigenvalue weighted by molar-refractivity contribution is 6.02. The number of pyridine rings is 1. The summed E-state index contributed by atoms with van der Waals surface area (Å²) in [4.78, 5) is 33.8. The zero-order chi connectivity index (χ0) is 18.3. The fourth-order valence-corrected chi connectivity index (χ4v) is 3.79. The van der Waals surface area contributed by atoms with E-state index in [9.17, 15) is 9.59 Å². The predicted octanol–water partition coefficient (Wildman–Crippen LogP) is 2.60. The first-order chi connectivity index (χ1) is 12.5. The van der Waals surface area contributed by atoms with Crippen LogP contribution in [-0.2, 0) is 11.3 Å². The van der Waals surface area contributed by atoms with E-state index in [2.05, 4.69) is 15.3 Å². The molecule has 4 rings (SSSR count). The molecule has 1 fully saturated rings. The van der Waals surface area contributed by atoms with Gasteiger partial charge in [-0.2, -0.15) is 0 Å². The molecule has 3 aromatic rings. The van der Waals surface area contributed by atoms with Gasteiger partial charge < -0.3 is 9.73 Å². The smallest absolute Gasteiger partial charge is 0.297 e. The average Bonchev–Trinajstić information content (AvgIpc) is 2.97. The summed E-state index contributed by atoms with van der Waals surface area (Å²) in [6, 6.07) is 2.15. The summed E-state index contributed by atoms with van der Waals surface area (Å²) in [6.45, 7) is 3.76. The predicted molar refractivity (Wildman–Crippen MR) is 98.1 cm³/mol. The fourth-order valence-electron chi connectivity index (χ4n) is 3.79. The number of hydrogen-bond acceptors (Lipinski definition) is 5. The number of carbonyl (C=O) groups is 1. The van der Waals surface area contributed by atoms with Gasteiger partial charge in [-0.3, -0.25) is 14.2 Å². The fraction of sp³-hybridized carbons (Fsp3) is 0.474. The average molecular weight is 354 g/mol. The van der Waals surface area contributed by atoms with Crippen LogP contribution in [0.5, 0.6) is 0 Å². The van der Waals surface area contributed by atoms with Crippen LogP contribution in [0, 0.1) is 13.8 Å². The van der Waals surface area contributed by atoms with Crippen LogP contribution in [0.3, 0.4) is 0 Å². The number of aromatic nitrogens is 3. The molecule has 0 spiro atoms. The second-order valence-electron chi connectivity index (χ2n) is 7.12. The Balaban J connectivity index is 1.65. The zero-order valence-corrected chi connectivity index (χ0v) is 15.0. The molecule has 136 valence electrons. The van der Waals surface area contributed by atoms with Gasteiger partial charge in [0.15, 0.2) is 0 Å². The van der Waals surface area contributed by atoms with E-state index in [1.165, 1.54) is 17.3 Å². The maximum absolute atomic E-state index is 12.7. The van der Waals surface area contributed by atoms with E-state index in [0.29, 0.717) is 11.2 Å². The van der Waals surface area contributed by atoms with Crippen LogP contribution >= 0.6 is 0 Å². The topological polar surface area (TPSA) is 90.0 Å². The monoisotopic (exact) mass is 354 g/mol. The molecule has 0 unspecified atom stereocenters. The standard InChI is InChI=1S/C19H22N4O3/c1-11-8-12(2)21-18-15(11)16-17(26-18)19(25)23(10-20-16)9-14(24)22-13-6-4-3-5-7-13/h8,10,13H,3-7,9H2,1-2H3,(H,22,24). The van der Waals surface area contributed by atoms with Gasteiger partial charge in [-0.15, -0.1) is 0 Å². The lowest BCUT2D eigenvalue weighted by Crippen LogP contribution is -2.39. The number of rotatable bonds is 3.